The van der Waals surface area contributed by atoms with Crippen LogP contribution in [0.4, 0.5) is 0 Å². The van der Waals surface area contributed by atoms with Crippen LogP contribution < -0.4 is 15.4 Å². The van der Waals surface area contributed by atoms with E-state index >= 15 is 0 Å². The highest BCUT2D eigenvalue weighted by Gasteiger charge is 2.34. The topological polar surface area (TPSA) is 50.4 Å². The van der Waals surface area contributed by atoms with Crippen molar-refractivity contribution >= 4 is 5.91 Å². The molecule has 132 valence electrons. The first kappa shape index (κ1) is 17.3. The molecule has 0 aromatic heterocycles. The first-order valence-electron chi connectivity index (χ1n) is 9.22. The molecule has 2 aliphatic heterocycles. The Balaban J connectivity index is 1.63. The van der Waals surface area contributed by atoms with Gasteiger partial charge in [-0.1, -0.05) is 25.1 Å². The quantitative estimate of drug-likeness (QED) is 0.889. The standard InChI is InChI=1S/C20H30N2O2/c1-14(15-8-10-21-11-9-15)12-19(23)22-17-13-20(2,3)24-18-7-5-4-6-16(17)18/h4-7,14-15,17,21H,8-13H2,1-3H3,(H,22,23). The number of rotatable bonds is 4. The van der Waals surface area contributed by atoms with Crippen LogP contribution in [-0.2, 0) is 4.79 Å². The number of piperidine rings is 1. The number of ether oxygens (including phenoxy) is 1. The van der Waals surface area contributed by atoms with Crippen LogP contribution in [-0.4, -0.2) is 24.6 Å². The van der Waals surface area contributed by atoms with Crippen LogP contribution in [0.5, 0.6) is 5.75 Å². The summed E-state index contributed by atoms with van der Waals surface area (Å²) in [6, 6.07) is 8.09. The molecular weight excluding hydrogens is 300 g/mol. The third-order valence-electron chi connectivity index (χ3n) is 5.41. The van der Waals surface area contributed by atoms with Crippen molar-refractivity contribution in [1.29, 1.82) is 0 Å². The van der Waals surface area contributed by atoms with Gasteiger partial charge in [0.1, 0.15) is 11.4 Å². The van der Waals surface area contributed by atoms with Crippen LogP contribution in [0.3, 0.4) is 0 Å². The van der Waals surface area contributed by atoms with Crippen LogP contribution >= 0.6 is 0 Å². The summed E-state index contributed by atoms with van der Waals surface area (Å²) in [5, 5.41) is 6.66. The molecule has 0 saturated carbocycles. The van der Waals surface area contributed by atoms with Crippen LogP contribution in [0.1, 0.15) is 58.1 Å². The fourth-order valence-corrected chi connectivity index (χ4v) is 4.06. The third-order valence-corrected chi connectivity index (χ3v) is 5.41. The molecule has 3 rings (SSSR count). The predicted molar refractivity (Wildman–Crippen MR) is 96.0 cm³/mol. The number of amides is 1. The van der Waals surface area contributed by atoms with Crippen LogP contribution in [0.25, 0.3) is 0 Å². The summed E-state index contributed by atoms with van der Waals surface area (Å²) in [5.41, 5.74) is 0.840. The van der Waals surface area contributed by atoms with E-state index in [1.165, 1.54) is 12.8 Å². The number of carbonyl (C=O) groups excluding carboxylic acids is 1. The van der Waals surface area contributed by atoms with E-state index in [1.54, 1.807) is 0 Å². The minimum Gasteiger partial charge on any atom is -0.487 e. The van der Waals surface area contributed by atoms with Crippen LogP contribution in [0.2, 0.25) is 0 Å². The molecule has 1 amide bonds. The Morgan fingerprint density at radius 3 is 2.79 bits per heavy atom. The highest BCUT2D eigenvalue weighted by Crippen LogP contribution is 2.39. The van der Waals surface area contributed by atoms with E-state index in [2.05, 4.69) is 37.5 Å². The van der Waals surface area contributed by atoms with Crippen molar-refractivity contribution in [2.45, 2.75) is 58.1 Å². The normalized spacial score (nSPS) is 24.5. The Bertz CT molecular complexity index is 579. The van der Waals surface area contributed by atoms with Gasteiger partial charge in [0.15, 0.2) is 0 Å². The molecular formula is C20H30N2O2. The number of para-hydroxylation sites is 1. The molecule has 2 atom stereocenters. The van der Waals surface area contributed by atoms with E-state index in [0.717, 1.165) is 30.8 Å². The minimum atomic E-state index is -0.257. The lowest BCUT2D eigenvalue weighted by Crippen LogP contribution is -2.42. The fourth-order valence-electron chi connectivity index (χ4n) is 4.06. The number of fused-ring (bicyclic) bond motifs is 1. The summed E-state index contributed by atoms with van der Waals surface area (Å²) < 4.78 is 6.05. The Morgan fingerprint density at radius 2 is 2.04 bits per heavy atom. The van der Waals surface area contributed by atoms with Gasteiger partial charge in [0, 0.05) is 18.4 Å². The van der Waals surface area contributed by atoms with Gasteiger partial charge in [-0.25, -0.2) is 0 Å². The SMILES string of the molecule is CC(CC(=O)NC1CC(C)(C)Oc2ccccc21)C1CCNCC1. The first-order chi connectivity index (χ1) is 11.4. The van der Waals surface area contributed by atoms with Gasteiger partial charge in [-0.05, 0) is 57.7 Å². The molecule has 24 heavy (non-hydrogen) atoms. The van der Waals surface area contributed by atoms with Gasteiger partial charge in [-0.2, -0.15) is 0 Å². The maximum Gasteiger partial charge on any atom is 0.220 e. The molecule has 2 N–H and O–H groups in total. The number of hydrogen-bond acceptors (Lipinski definition) is 3. The van der Waals surface area contributed by atoms with Gasteiger partial charge in [0.2, 0.25) is 5.91 Å². The zero-order valence-electron chi connectivity index (χ0n) is 15.1. The minimum absolute atomic E-state index is 0.0395. The third kappa shape index (κ3) is 4.10. The molecule has 2 unspecified atom stereocenters. The molecule has 4 heteroatoms. The molecule has 0 bridgehead atoms. The second kappa shape index (κ2) is 7.14. The summed E-state index contributed by atoms with van der Waals surface area (Å²) in [4.78, 5) is 12.6. The lowest BCUT2D eigenvalue weighted by atomic mass is 9.83. The molecule has 1 fully saturated rings. The second-order valence-corrected chi connectivity index (χ2v) is 7.99. The monoisotopic (exact) mass is 330 g/mol. The predicted octanol–water partition coefficient (Wildman–Crippen LogP) is 3.43. The molecule has 4 nitrogen and oxygen atoms in total. The molecule has 1 aromatic rings. The number of nitrogens with one attached hydrogen (secondary N) is 2. The fraction of sp³-hybridized carbons (Fsp3) is 0.650. The van der Waals surface area contributed by atoms with Gasteiger partial charge >= 0.3 is 0 Å². The molecule has 0 spiro atoms. The Labute approximate surface area is 145 Å². The zero-order valence-corrected chi connectivity index (χ0v) is 15.1. The molecule has 0 aliphatic carbocycles. The smallest absolute Gasteiger partial charge is 0.220 e. The van der Waals surface area contributed by atoms with Crippen molar-refractivity contribution in [3.8, 4) is 5.75 Å². The van der Waals surface area contributed by atoms with Gasteiger partial charge in [0.05, 0.1) is 6.04 Å². The van der Waals surface area contributed by atoms with Crippen molar-refractivity contribution < 1.29 is 9.53 Å². The van der Waals surface area contributed by atoms with E-state index < -0.39 is 0 Å². The van der Waals surface area contributed by atoms with Crippen molar-refractivity contribution in [1.82, 2.24) is 10.6 Å². The summed E-state index contributed by atoms with van der Waals surface area (Å²) in [6.07, 6.45) is 3.78. The molecule has 0 radical (unpaired) electrons. The van der Waals surface area contributed by atoms with E-state index in [-0.39, 0.29) is 17.6 Å². The van der Waals surface area contributed by atoms with Crippen molar-refractivity contribution in [2.75, 3.05) is 13.1 Å². The maximum absolute atomic E-state index is 12.6. The zero-order chi connectivity index (χ0) is 17.2. The van der Waals surface area contributed by atoms with Crippen molar-refractivity contribution in [3.63, 3.8) is 0 Å². The maximum atomic E-state index is 12.6. The highest BCUT2D eigenvalue weighted by molar-refractivity contribution is 5.77. The van der Waals surface area contributed by atoms with Gasteiger partial charge in [0.25, 0.3) is 0 Å². The van der Waals surface area contributed by atoms with Crippen molar-refractivity contribution in [2.24, 2.45) is 11.8 Å². The van der Waals surface area contributed by atoms with Crippen LogP contribution in [0, 0.1) is 11.8 Å². The number of benzene rings is 1. The van der Waals surface area contributed by atoms with E-state index in [1.807, 2.05) is 18.2 Å². The summed E-state index contributed by atoms with van der Waals surface area (Å²) in [6.45, 7) is 8.55. The lowest BCUT2D eigenvalue weighted by molar-refractivity contribution is -0.123. The molecule has 2 aliphatic rings. The average Bonchev–Trinajstić information content (AvgIpc) is 2.54. The number of carbonyl (C=O) groups is 1. The van der Waals surface area contributed by atoms with E-state index in [9.17, 15) is 4.79 Å². The van der Waals surface area contributed by atoms with Gasteiger partial charge in [-0.15, -0.1) is 0 Å². The summed E-state index contributed by atoms with van der Waals surface area (Å²) in [5.74, 6) is 2.16. The van der Waals surface area contributed by atoms with Gasteiger partial charge in [-0.3, -0.25) is 4.79 Å². The average molecular weight is 330 g/mol. The van der Waals surface area contributed by atoms with Gasteiger partial charge < -0.3 is 15.4 Å². The van der Waals surface area contributed by atoms with E-state index in [0.29, 0.717) is 18.3 Å². The highest BCUT2D eigenvalue weighted by atomic mass is 16.5. The van der Waals surface area contributed by atoms with Crippen LogP contribution in [0.15, 0.2) is 24.3 Å². The summed E-state index contributed by atoms with van der Waals surface area (Å²) >= 11 is 0. The molecule has 1 aromatic carbocycles. The molecule has 1 saturated heterocycles. The van der Waals surface area contributed by atoms with Crippen molar-refractivity contribution in [3.05, 3.63) is 29.8 Å². The first-order valence-corrected chi connectivity index (χ1v) is 9.22. The lowest BCUT2D eigenvalue weighted by Gasteiger charge is -2.38. The Morgan fingerprint density at radius 1 is 1.33 bits per heavy atom. The largest absolute Gasteiger partial charge is 0.487 e. The second-order valence-electron chi connectivity index (χ2n) is 7.99. The summed E-state index contributed by atoms with van der Waals surface area (Å²) in [7, 11) is 0. The Kier molecular flexibility index (Phi) is 5.14. The number of hydrogen-bond donors (Lipinski definition) is 2. The Hall–Kier alpha value is -1.55. The molecule has 2 heterocycles. The van der Waals surface area contributed by atoms with E-state index in [4.69, 9.17) is 4.74 Å².